The molecule has 1 fully saturated rings. The lowest BCUT2D eigenvalue weighted by Gasteiger charge is -2.35. The second kappa shape index (κ2) is 5.72. The molecule has 0 bridgehead atoms. The van der Waals surface area contributed by atoms with Crippen molar-refractivity contribution in [1.82, 2.24) is 4.98 Å². The summed E-state index contributed by atoms with van der Waals surface area (Å²) in [7, 11) is 0. The maximum Gasteiger partial charge on any atom is 0.326 e. The zero-order valence-corrected chi connectivity index (χ0v) is 12.0. The van der Waals surface area contributed by atoms with E-state index in [2.05, 4.69) is 11.1 Å². The van der Waals surface area contributed by atoms with Crippen molar-refractivity contribution in [2.45, 2.75) is 51.0 Å². The van der Waals surface area contributed by atoms with E-state index in [1.54, 1.807) is 0 Å². The molecule has 1 N–H and O–H groups in total. The Balaban J connectivity index is 2.03. The minimum absolute atomic E-state index is 0.517. The van der Waals surface area contributed by atoms with Crippen molar-refractivity contribution in [2.75, 3.05) is 11.4 Å². The van der Waals surface area contributed by atoms with E-state index < -0.39 is 12.0 Å². The van der Waals surface area contributed by atoms with Gasteiger partial charge in [0.25, 0.3) is 0 Å². The average Bonchev–Trinajstić information content (AvgIpc) is 2.53. The molecule has 110 valence electrons. The number of pyridine rings is 1. The molecule has 5 heteroatoms. The molecular formula is C16H19N3O2. The number of piperidine rings is 1. The van der Waals surface area contributed by atoms with Gasteiger partial charge in [-0.2, -0.15) is 5.26 Å². The molecule has 0 radical (unpaired) electrons. The van der Waals surface area contributed by atoms with E-state index in [-0.39, 0.29) is 0 Å². The Kier molecular flexibility index (Phi) is 3.78. The number of carboxylic acids is 1. The number of carbonyl (C=O) groups is 1. The third kappa shape index (κ3) is 2.58. The second-order valence-corrected chi connectivity index (χ2v) is 5.83. The summed E-state index contributed by atoms with van der Waals surface area (Å²) in [6.45, 7) is 0.664. The number of nitrogens with zero attached hydrogens (tertiary/aromatic N) is 3. The van der Waals surface area contributed by atoms with Crippen LogP contribution in [0.5, 0.6) is 0 Å². The summed E-state index contributed by atoms with van der Waals surface area (Å²) in [5, 5.41) is 18.8. The maximum atomic E-state index is 11.5. The van der Waals surface area contributed by atoms with Gasteiger partial charge >= 0.3 is 5.97 Å². The van der Waals surface area contributed by atoms with Crippen LogP contribution in [-0.2, 0) is 17.6 Å². The zero-order valence-electron chi connectivity index (χ0n) is 12.0. The Morgan fingerprint density at radius 2 is 2.14 bits per heavy atom. The van der Waals surface area contributed by atoms with Crippen LogP contribution in [-0.4, -0.2) is 28.6 Å². The Bertz CT molecular complexity index is 606. The second-order valence-electron chi connectivity index (χ2n) is 5.83. The standard InChI is InChI=1S/C16H19N3O2/c17-10-12-9-11-5-1-2-6-13(11)18-15(12)19-8-4-3-7-14(19)16(20)21/h9,14H,1-8H2,(H,20,21). The van der Waals surface area contributed by atoms with Gasteiger partial charge in [0.2, 0.25) is 0 Å². The molecule has 1 aliphatic carbocycles. The van der Waals surface area contributed by atoms with Gasteiger partial charge in [-0.1, -0.05) is 0 Å². The fourth-order valence-corrected chi connectivity index (χ4v) is 3.37. The summed E-state index contributed by atoms with van der Waals surface area (Å²) in [6.07, 6.45) is 6.65. The highest BCUT2D eigenvalue weighted by Gasteiger charge is 2.31. The maximum absolute atomic E-state index is 11.5. The molecule has 21 heavy (non-hydrogen) atoms. The topological polar surface area (TPSA) is 77.2 Å². The number of hydrogen-bond donors (Lipinski definition) is 1. The molecule has 1 saturated heterocycles. The van der Waals surface area contributed by atoms with E-state index in [1.807, 2.05) is 11.0 Å². The molecule has 1 aromatic heterocycles. The molecule has 0 aromatic carbocycles. The summed E-state index contributed by atoms with van der Waals surface area (Å²) in [5.74, 6) is -0.247. The number of hydrogen-bond acceptors (Lipinski definition) is 4. The van der Waals surface area contributed by atoms with Crippen LogP contribution in [0.3, 0.4) is 0 Å². The Hall–Kier alpha value is -2.09. The van der Waals surface area contributed by atoms with Crippen molar-refractivity contribution in [3.05, 3.63) is 22.9 Å². The van der Waals surface area contributed by atoms with Gasteiger partial charge in [-0.3, -0.25) is 0 Å². The fourth-order valence-electron chi connectivity index (χ4n) is 3.37. The third-order valence-electron chi connectivity index (χ3n) is 4.46. The molecule has 1 unspecified atom stereocenters. The number of fused-ring (bicyclic) bond motifs is 1. The van der Waals surface area contributed by atoms with Gasteiger partial charge in [0, 0.05) is 12.2 Å². The van der Waals surface area contributed by atoms with Crippen LogP contribution in [0.25, 0.3) is 0 Å². The highest BCUT2D eigenvalue weighted by atomic mass is 16.4. The molecule has 5 nitrogen and oxygen atoms in total. The molecular weight excluding hydrogens is 266 g/mol. The SMILES string of the molecule is N#Cc1cc2c(nc1N1CCCCC1C(=O)O)CCCC2. The molecule has 0 spiro atoms. The summed E-state index contributed by atoms with van der Waals surface area (Å²) in [5.41, 5.74) is 2.72. The van der Waals surface area contributed by atoms with E-state index >= 15 is 0 Å². The highest BCUT2D eigenvalue weighted by molar-refractivity contribution is 5.79. The first kappa shape index (κ1) is 13.9. The highest BCUT2D eigenvalue weighted by Crippen LogP contribution is 2.30. The predicted molar refractivity (Wildman–Crippen MR) is 78.2 cm³/mol. The smallest absolute Gasteiger partial charge is 0.326 e. The summed E-state index contributed by atoms with van der Waals surface area (Å²) < 4.78 is 0. The number of aromatic nitrogens is 1. The van der Waals surface area contributed by atoms with Gasteiger partial charge in [0.15, 0.2) is 0 Å². The number of anilines is 1. The van der Waals surface area contributed by atoms with Gasteiger partial charge in [-0.15, -0.1) is 0 Å². The first-order chi connectivity index (χ1) is 10.2. The van der Waals surface area contributed by atoms with Gasteiger partial charge in [0.1, 0.15) is 17.9 Å². The lowest BCUT2D eigenvalue weighted by Crippen LogP contribution is -2.45. The van der Waals surface area contributed by atoms with E-state index in [9.17, 15) is 15.2 Å². The van der Waals surface area contributed by atoms with E-state index in [4.69, 9.17) is 0 Å². The van der Waals surface area contributed by atoms with Crippen LogP contribution >= 0.6 is 0 Å². The Morgan fingerprint density at radius 3 is 2.90 bits per heavy atom. The molecule has 1 aromatic rings. The molecule has 3 rings (SSSR count). The number of nitriles is 1. The fraction of sp³-hybridized carbons (Fsp3) is 0.562. The van der Waals surface area contributed by atoms with Crippen molar-refractivity contribution in [3.8, 4) is 6.07 Å². The number of aliphatic carboxylic acids is 1. The molecule has 0 amide bonds. The minimum Gasteiger partial charge on any atom is -0.480 e. The minimum atomic E-state index is -0.821. The zero-order chi connectivity index (χ0) is 14.8. The van der Waals surface area contributed by atoms with Crippen molar-refractivity contribution < 1.29 is 9.90 Å². The molecule has 2 aliphatic rings. The van der Waals surface area contributed by atoms with Gasteiger partial charge < -0.3 is 10.0 Å². The third-order valence-corrected chi connectivity index (χ3v) is 4.46. The predicted octanol–water partition coefficient (Wildman–Crippen LogP) is 2.28. The van der Waals surface area contributed by atoms with Crippen molar-refractivity contribution in [3.63, 3.8) is 0 Å². The van der Waals surface area contributed by atoms with Gasteiger partial charge in [-0.25, -0.2) is 9.78 Å². The number of rotatable bonds is 2. The first-order valence-corrected chi connectivity index (χ1v) is 7.63. The van der Waals surface area contributed by atoms with Crippen LogP contribution in [0.2, 0.25) is 0 Å². The summed E-state index contributed by atoms with van der Waals surface area (Å²) in [4.78, 5) is 18.0. The van der Waals surface area contributed by atoms with Gasteiger partial charge in [-0.05, 0) is 56.6 Å². The van der Waals surface area contributed by atoms with Crippen LogP contribution in [0.15, 0.2) is 6.07 Å². The first-order valence-electron chi connectivity index (χ1n) is 7.63. The molecule has 2 heterocycles. The lowest BCUT2D eigenvalue weighted by molar-refractivity contribution is -0.139. The number of carboxylic acid groups (broad SMARTS) is 1. The van der Waals surface area contributed by atoms with Crippen LogP contribution < -0.4 is 4.90 Å². The Morgan fingerprint density at radius 1 is 1.33 bits per heavy atom. The summed E-state index contributed by atoms with van der Waals surface area (Å²) >= 11 is 0. The van der Waals surface area contributed by atoms with Gasteiger partial charge in [0.05, 0.1) is 5.56 Å². The van der Waals surface area contributed by atoms with Crippen LogP contribution in [0, 0.1) is 11.3 Å². The van der Waals surface area contributed by atoms with E-state index in [0.29, 0.717) is 24.3 Å². The lowest BCUT2D eigenvalue weighted by atomic mass is 9.94. The largest absolute Gasteiger partial charge is 0.480 e. The monoisotopic (exact) mass is 285 g/mol. The molecule has 0 saturated carbocycles. The number of aryl methyl sites for hydroxylation is 2. The van der Waals surface area contributed by atoms with E-state index in [0.717, 1.165) is 49.8 Å². The quantitative estimate of drug-likeness (QED) is 0.902. The molecule has 1 aliphatic heterocycles. The molecule has 1 atom stereocenters. The van der Waals surface area contributed by atoms with E-state index in [1.165, 1.54) is 0 Å². The van der Waals surface area contributed by atoms with Crippen LogP contribution in [0.1, 0.15) is 48.9 Å². The van der Waals surface area contributed by atoms with Crippen molar-refractivity contribution in [2.24, 2.45) is 0 Å². The van der Waals surface area contributed by atoms with Crippen LogP contribution in [0.4, 0.5) is 5.82 Å². The average molecular weight is 285 g/mol. The van der Waals surface area contributed by atoms with Crippen molar-refractivity contribution in [1.29, 1.82) is 5.26 Å². The normalized spacial score (nSPS) is 21.5. The van der Waals surface area contributed by atoms with Crippen molar-refractivity contribution >= 4 is 11.8 Å². The Labute approximate surface area is 124 Å². The summed E-state index contributed by atoms with van der Waals surface area (Å²) in [6, 6.07) is 3.57.